The maximum atomic E-state index is 13.0. The van der Waals surface area contributed by atoms with E-state index in [0.717, 1.165) is 44.1 Å². The first kappa shape index (κ1) is 20.4. The van der Waals surface area contributed by atoms with Crippen LogP contribution in [0.2, 0.25) is 0 Å². The molecule has 7 heteroatoms. The minimum Gasteiger partial charge on any atom is -0.478 e. The Labute approximate surface area is 166 Å². The van der Waals surface area contributed by atoms with Crippen LogP contribution in [0, 0.1) is 0 Å². The molecule has 1 aliphatic carbocycles. The highest BCUT2D eigenvalue weighted by atomic mass is 32.2. The van der Waals surface area contributed by atoms with Crippen molar-refractivity contribution in [1.82, 2.24) is 4.72 Å². The molecule has 2 aromatic rings. The van der Waals surface area contributed by atoms with Crippen LogP contribution in [0.5, 0.6) is 0 Å². The van der Waals surface area contributed by atoms with Crippen molar-refractivity contribution < 1.29 is 18.3 Å². The molecule has 0 aromatic heterocycles. The van der Waals surface area contributed by atoms with Crippen LogP contribution >= 0.6 is 0 Å². The highest BCUT2D eigenvalue weighted by Gasteiger charge is 2.25. The van der Waals surface area contributed by atoms with Crippen molar-refractivity contribution in [2.75, 3.05) is 11.9 Å². The minimum absolute atomic E-state index is 0.00830. The molecular weight excluding hydrogens is 376 g/mol. The SMILES string of the molecule is O=C(O)c1ccc(NCCc2ccccc2)c(S(=O)(=O)NC2CCCCC2)c1. The van der Waals surface area contributed by atoms with Gasteiger partial charge in [-0.3, -0.25) is 0 Å². The van der Waals surface area contributed by atoms with E-state index < -0.39 is 16.0 Å². The molecule has 0 unspecified atom stereocenters. The predicted octanol–water partition coefficient (Wildman–Crippen LogP) is 3.65. The summed E-state index contributed by atoms with van der Waals surface area (Å²) in [4.78, 5) is 11.3. The summed E-state index contributed by atoms with van der Waals surface area (Å²) in [5.74, 6) is -1.15. The third kappa shape index (κ3) is 5.33. The van der Waals surface area contributed by atoms with Gasteiger partial charge >= 0.3 is 5.97 Å². The van der Waals surface area contributed by atoms with Crippen molar-refractivity contribution in [2.45, 2.75) is 49.5 Å². The van der Waals surface area contributed by atoms with Crippen LogP contribution in [-0.2, 0) is 16.4 Å². The molecule has 0 atom stereocenters. The van der Waals surface area contributed by atoms with Crippen molar-refractivity contribution in [3.8, 4) is 0 Å². The van der Waals surface area contributed by atoms with E-state index in [1.165, 1.54) is 18.2 Å². The van der Waals surface area contributed by atoms with Crippen molar-refractivity contribution in [3.05, 3.63) is 59.7 Å². The van der Waals surface area contributed by atoms with Crippen molar-refractivity contribution in [3.63, 3.8) is 0 Å². The molecule has 0 bridgehead atoms. The Morgan fingerprint density at radius 2 is 1.75 bits per heavy atom. The zero-order valence-electron chi connectivity index (χ0n) is 15.7. The Hall–Kier alpha value is -2.38. The molecular formula is C21H26N2O4S. The first-order valence-electron chi connectivity index (χ1n) is 9.63. The van der Waals surface area contributed by atoms with Crippen molar-refractivity contribution in [1.29, 1.82) is 0 Å². The van der Waals surface area contributed by atoms with Crippen LogP contribution in [0.1, 0.15) is 48.0 Å². The monoisotopic (exact) mass is 402 g/mol. The maximum Gasteiger partial charge on any atom is 0.335 e. The average molecular weight is 403 g/mol. The number of aromatic carboxylic acids is 1. The lowest BCUT2D eigenvalue weighted by molar-refractivity contribution is 0.0696. The smallest absolute Gasteiger partial charge is 0.335 e. The number of benzene rings is 2. The normalized spacial score (nSPS) is 15.3. The van der Waals surface area contributed by atoms with E-state index in [1.54, 1.807) is 0 Å². The van der Waals surface area contributed by atoms with Gasteiger partial charge in [-0.05, 0) is 43.0 Å². The number of anilines is 1. The summed E-state index contributed by atoms with van der Waals surface area (Å²) in [6.45, 7) is 0.544. The third-order valence-electron chi connectivity index (χ3n) is 5.02. The summed E-state index contributed by atoms with van der Waals surface area (Å²) in [6, 6.07) is 14.0. The molecule has 3 N–H and O–H groups in total. The lowest BCUT2D eigenvalue weighted by Gasteiger charge is -2.23. The van der Waals surface area contributed by atoms with E-state index in [4.69, 9.17) is 0 Å². The summed E-state index contributed by atoms with van der Waals surface area (Å²) in [5, 5.41) is 12.4. The molecule has 2 aromatic carbocycles. The number of hydrogen-bond acceptors (Lipinski definition) is 4. The van der Waals surface area contributed by atoms with E-state index in [0.29, 0.717) is 12.2 Å². The standard InChI is InChI=1S/C21H26N2O4S/c24-21(25)17-11-12-19(22-14-13-16-7-3-1-4-8-16)20(15-17)28(26,27)23-18-9-5-2-6-10-18/h1,3-4,7-8,11-12,15,18,22-23H,2,5-6,9-10,13-14H2,(H,24,25). The minimum atomic E-state index is -3.82. The van der Waals surface area contributed by atoms with E-state index in [9.17, 15) is 18.3 Å². The van der Waals surface area contributed by atoms with Crippen LogP contribution in [-0.4, -0.2) is 32.1 Å². The Balaban J connectivity index is 1.79. The van der Waals surface area contributed by atoms with Gasteiger partial charge in [0.1, 0.15) is 4.90 Å². The van der Waals surface area contributed by atoms with E-state index in [2.05, 4.69) is 10.0 Å². The molecule has 1 aliphatic rings. The highest BCUT2D eigenvalue weighted by molar-refractivity contribution is 7.89. The van der Waals surface area contributed by atoms with Crippen molar-refractivity contribution in [2.24, 2.45) is 0 Å². The summed E-state index contributed by atoms with van der Waals surface area (Å²) in [6.07, 6.45) is 5.49. The van der Waals surface area contributed by atoms with Gasteiger partial charge in [0.2, 0.25) is 10.0 Å². The molecule has 0 heterocycles. The molecule has 0 amide bonds. The fraction of sp³-hybridized carbons (Fsp3) is 0.381. The molecule has 3 rings (SSSR count). The van der Waals surface area contributed by atoms with Gasteiger partial charge in [0.25, 0.3) is 0 Å². The molecule has 6 nitrogen and oxygen atoms in total. The largest absolute Gasteiger partial charge is 0.478 e. The highest BCUT2D eigenvalue weighted by Crippen LogP contribution is 2.26. The summed E-state index contributed by atoms with van der Waals surface area (Å²) < 4.78 is 28.7. The van der Waals surface area contributed by atoms with E-state index >= 15 is 0 Å². The molecule has 1 fully saturated rings. The zero-order valence-corrected chi connectivity index (χ0v) is 16.5. The van der Waals surface area contributed by atoms with E-state index in [-0.39, 0.29) is 16.5 Å². The quantitative estimate of drug-likeness (QED) is 0.626. The number of carbonyl (C=O) groups is 1. The summed E-state index contributed by atoms with van der Waals surface area (Å²) >= 11 is 0. The molecule has 150 valence electrons. The first-order chi connectivity index (χ1) is 13.5. The number of sulfonamides is 1. The van der Waals surface area contributed by atoms with Gasteiger partial charge in [-0.25, -0.2) is 17.9 Å². The number of rotatable bonds is 8. The predicted molar refractivity (Wildman–Crippen MR) is 109 cm³/mol. The Morgan fingerprint density at radius 3 is 2.43 bits per heavy atom. The van der Waals surface area contributed by atoms with Gasteiger partial charge in [0.15, 0.2) is 0 Å². The Bertz CT molecular complexity index is 907. The van der Waals surface area contributed by atoms with Gasteiger partial charge in [-0.1, -0.05) is 49.6 Å². The van der Waals surface area contributed by atoms with Crippen molar-refractivity contribution >= 4 is 21.7 Å². The van der Waals surface area contributed by atoms with Gasteiger partial charge in [-0.15, -0.1) is 0 Å². The second-order valence-corrected chi connectivity index (χ2v) is 8.82. The molecule has 1 saturated carbocycles. The van der Waals surface area contributed by atoms with Gasteiger partial charge in [0, 0.05) is 12.6 Å². The Kier molecular flexibility index (Phi) is 6.70. The van der Waals surface area contributed by atoms with Crippen LogP contribution in [0.4, 0.5) is 5.69 Å². The van der Waals surface area contributed by atoms with Gasteiger partial charge < -0.3 is 10.4 Å². The first-order valence-corrected chi connectivity index (χ1v) is 11.1. The fourth-order valence-corrected chi connectivity index (χ4v) is 5.03. The second kappa shape index (κ2) is 9.21. The lowest BCUT2D eigenvalue weighted by atomic mass is 9.96. The number of nitrogens with one attached hydrogen (secondary N) is 2. The van der Waals surface area contributed by atoms with Gasteiger partial charge in [-0.2, -0.15) is 0 Å². The number of carboxylic acid groups (broad SMARTS) is 1. The van der Waals surface area contributed by atoms with E-state index in [1.807, 2.05) is 30.3 Å². The zero-order chi connectivity index (χ0) is 20.0. The van der Waals surface area contributed by atoms with Crippen LogP contribution in [0.3, 0.4) is 0 Å². The van der Waals surface area contributed by atoms with Crippen LogP contribution in [0.25, 0.3) is 0 Å². The summed E-state index contributed by atoms with van der Waals surface area (Å²) in [5.41, 5.74) is 1.52. The molecule has 0 saturated heterocycles. The van der Waals surface area contributed by atoms with Gasteiger partial charge in [0.05, 0.1) is 11.3 Å². The van der Waals surface area contributed by atoms with Crippen LogP contribution in [0.15, 0.2) is 53.4 Å². The second-order valence-electron chi connectivity index (χ2n) is 7.13. The fourth-order valence-electron chi connectivity index (χ4n) is 3.51. The number of carboxylic acids is 1. The lowest BCUT2D eigenvalue weighted by Crippen LogP contribution is -2.36. The molecule has 0 spiro atoms. The molecule has 28 heavy (non-hydrogen) atoms. The van der Waals surface area contributed by atoms with Crippen LogP contribution < -0.4 is 10.0 Å². The number of hydrogen-bond donors (Lipinski definition) is 3. The topological polar surface area (TPSA) is 95.5 Å². The maximum absolute atomic E-state index is 13.0. The average Bonchev–Trinajstić information content (AvgIpc) is 2.69. The Morgan fingerprint density at radius 1 is 1.04 bits per heavy atom. The third-order valence-corrected chi connectivity index (χ3v) is 6.58. The molecule has 0 aliphatic heterocycles. The molecule has 0 radical (unpaired) electrons. The summed E-state index contributed by atoms with van der Waals surface area (Å²) in [7, 11) is -3.82.